The van der Waals surface area contributed by atoms with Crippen LogP contribution in [0.1, 0.15) is 29.2 Å². The Morgan fingerprint density at radius 2 is 1.86 bits per heavy atom. The lowest BCUT2D eigenvalue weighted by atomic mass is 10.2. The van der Waals surface area contributed by atoms with E-state index >= 15 is 0 Å². The maximum Gasteiger partial charge on any atom is 0.412 e. The molecule has 0 aliphatic carbocycles. The Morgan fingerprint density at radius 1 is 1.14 bits per heavy atom. The van der Waals surface area contributed by atoms with Gasteiger partial charge in [0.1, 0.15) is 11.8 Å². The fraction of sp³-hybridized carbons (Fsp3) is 0.200. The van der Waals surface area contributed by atoms with Crippen LogP contribution in [0.5, 0.6) is 5.75 Å². The molecule has 0 unspecified atom stereocenters. The molecule has 0 aliphatic heterocycles. The van der Waals surface area contributed by atoms with E-state index in [9.17, 15) is 14.7 Å². The van der Waals surface area contributed by atoms with Gasteiger partial charge in [-0.25, -0.2) is 4.79 Å². The molecule has 0 radical (unpaired) electrons. The second-order valence-electron chi connectivity index (χ2n) is 5.98. The molecule has 1 atom stereocenters. The Hall–Kier alpha value is -3.72. The summed E-state index contributed by atoms with van der Waals surface area (Å²) in [6.07, 6.45) is -0.540. The van der Waals surface area contributed by atoms with Crippen LogP contribution < -0.4 is 15.4 Å². The first kappa shape index (κ1) is 20.0. The molecule has 9 heteroatoms. The first-order valence-electron chi connectivity index (χ1n) is 8.97. The number of ether oxygens (including phenoxy) is 1. The molecule has 1 heterocycles. The Morgan fingerprint density at radius 3 is 2.52 bits per heavy atom. The van der Waals surface area contributed by atoms with Crippen LogP contribution in [0.3, 0.4) is 0 Å². The van der Waals surface area contributed by atoms with Gasteiger partial charge in [-0.1, -0.05) is 23.4 Å². The molecule has 0 saturated heterocycles. The van der Waals surface area contributed by atoms with Crippen LogP contribution in [0.2, 0.25) is 0 Å². The van der Waals surface area contributed by atoms with Gasteiger partial charge >= 0.3 is 6.09 Å². The number of hydrogen-bond acceptors (Lipinski definition) is 7. The van der Waals surface area contributed by atoms with Gasteiger partial charge in [0.2, 0.25) is 5.82 Å². The van der Waals surface area contributed by atoms with Gasteiger partial charge in [-0.2, -0.15) is 4.98 Å². The zero-order valence-corrected chi connectivity index (χ0v) is 15.7. The molecule has 0 spiro atoms. The molecule has 150 valence electrons. The Bertz CT molecular complexity index is 957. The third-order valence-corrected chi connectivity index (χ3v) is 3.91. The summed E-state index contributed by atoms with van der Waals surface area (Å²) in [5.74, 6) is 0.356. The molecule has 3 N–H and O–H groups in total. The molecule has 3 aromatic rings. The zero-order chi connectivity index (χ0) is 20.6. The SMILES string of the molecule is CCNC(=O)Oc1ccc(-c2noc([C@H](CO)NC(=O)c3ccccc3)n2)cc1. The van der Waals surface area contributed by atoms with Gasteiger partial charge in [-0.3, -0.25) is 4.79 Å². The van der Waals surface area contributed by atoms with E-state index in [1.54, 1.807) is 61.5 Å². The predicted molar refractivity (Wildman–Crippen MR) is 103 cm³/mol. The van der Waals surface area contributed by atoms with Crippen molar-refractivity contribution in [2.75, 3.05) is 13.2 Å². The fourth-order valence-corrected chi connectivity index (χ4v) is 2.47. The van der Waals surface area contributed by atoms with Crippen LogP contribution in [0.4, 0.5) is 4.79 Å². The summed E-state index contributed by atoms with van der Waals surface area (Å²) >= 11 is 0. The van der Waals surface area contributed by atoms with Crippen molar-refractivity contribution >= 4 is 12.0 Å². The van der Waals surface area contributed by atoms with E-state index < -0.39 is 18.7 Å². The first-order chi connectivity index (χ1) is 14.1. The highest BCUT2D eigenvalue weighted by Gasteiger charge is 2.21. The van der Waals surface area contributed by atoms with Crippen molar-refractivity contribution < 1.29 is 24.0 Å². The van der Waals surface area contributed by atoms with Gasteiger partial charge < -0.3 is 25.0 Å². The quantitative estimate of drug-likeness (QED) is 0.559. The Kier molecular flexibility index (Phi) is 6.54. The first-order valence-corrected chi connectivity index (χ1v) is 8.97. The molecule has 2 aromatic carbocycles. The lowest BCUT2D eigenvalue weighted by molar-refractivity contribution is 0.0901. The standard InChI is InChI=1S/C20H20N4O5/c1-2-21-20(27)28-15-10-8-13(9-11-15)17-23-19(29-24-17)16(12-25)22-18(26)14-6-4-3-5-7-14/h3-11,16,25H,2,12H2,1H3,(H,21,27)(H,22,26)/t16-/m0/s1. The maximum absolute atomic E-state index is 12.3. The van der Waals surface area contributed by atoms with Crippen molar-refractivity contribution in [2.45, 2.75) is 13.0 Å². The van der Waals surface area contributed by atoms with E-state index in [1.165, 1.54) is 0 Å². The molecule has 3 rings (SSSR count). The number of benzene rings is 2. The largest absolute Gasteiger partial charge is 0.412 e. The van der Waals surface area contributed by atoms with Gasteiger partial charge in [-0.15, -0.1) is 0 Å². The number of nitrogens with zero attached hydrogens (tertiary/aromatic N) is 2. The van der Waals surface area contributed by atoms with E-state index in [4.69, 9.17) is 9.26 Å². The van der Waals surface area contributed by atoms with Crippen molar-refractivity contribution in [3.8, 4) is 17.1 Å². The van der Waals surface area contributed by atoms with Crippen molar-refractivity contribution in [1.82, 2.24) is 20.8 Å². The number of aromatic nitrogens is 2. The highest BCUT2D eigenvalue weighted by atomic mass is 16.6. The number of amides is 2. The monoisotopic (exact) mass is 396 g/mol. The summed E-state index contributed by atoms with van der Waals surface area (Å²) < 4.78 is 10.3. The van der Waals surface area contributed by atoms with Crippen LogP contribution in [-0.2, 0) is 0 Å². The summed E-state index contributed by atoms with van der Waals surface area (Å²) in [5.41, 5.74) is 1.07. The zero-order valence-electron chi connectivity index (χ0n) is 15.7. The average molecular weight is 396 g/mol. The summed E-state index contributed by atoms with van der Waals surface area (Å²) in [4.78, 5) is 28.0. The van der Waals surface area contributed by atoms with E-state index in [1.807, 2.05) is 0 Å². The van der Waals surface area contributed by atoms with Gasteiger partial charge in [0.15, 0.2) is 0 Å². The molecule has 0 saturated carbocycles. The van der Waals surface area contributed by atoms with Gasteiger partial charge in [0, 0.05) is 17.7 Å². The predicted octanol–water partition coefficient (Wildman–Crippen LogP) is 2.31. The molecule has 0 aliphatic rings. The number of aliphatic hydroxyl groups excluding tert-OH is 1. The van der Waals surface area contributed by atoms with Crippen molar-refractivity contribution in [3.05, 3.63) is 66.1 Å². The van der Waals surface area contributed by atoms with E-state index in [-0.39, 0.29) is 17.6 Å². The molecular formula is C20H20N4O5. The number of hydrogen-bond donors (Lipinski definition) is 3. The minimum absolute atomic E-state index is 0.0782. The van der Waals surface area contributed by atoms with E-state index in [0.29, 0.717) is 23.4 Å². The lowest BCUT2D eigenvalue weighted by Gasteiger charge is -2.11. The van der Waals surface area contributed by atoms with Gasteiger partial charge in [0.25, 0.3) is 11.8 Å². The minimum atomic E-state index is -0.843. The normalized spacial score (nSPS) is 11.5. The van der Waals surface area contributed by atoms with Crippen LogP contribution >= 0.6 is 0 Å². The molecule has 0 fully saturated rings. The molecule has 2 amide bonds. The van der Waals surface area contributed by atoms with Crippen LogP contribution in [0.15, 0.2) is 59.1 Å². The summed E-state index contributed by atoms with van der Waals surface area (Å²) in [5, 5.41) is 18.7. The average Bonchev–Trinajstić information content (AvgIpc) is 3.23. The second-order valence-corrected chi connectivity index (χ2v) is 5.98. The molecule has 1 aromatic heterocycles. The van der Waals surface area contributed by atoms with Crippen LogP contribution in [0, 0.1) is 0 Å². The molecular weight excluding hydrogens is 376 g/mol. The fourth-order valence-electron chi connectivity index (χ4n) is 2.47. The molecule has 9 nitrogen and oxygen atoms in total. The Labute approximate surface area is 166 Å². The maximum atomic E-state index is 12.3. The highest BCUT2D eigenvalue weighted by Crippen LogP contribution is 2.22. The van der Waals surface area contributed by atoms with Crippen LogP contribution in [0.25, 0.3) is 11.4 Å². The number of nitrogens with one attached hydrogen (secondary N) is 2. The minimum Gasteiger partial charge on any atom is -0.410 e. The van der Waals surface area contributed by atoms with Crippen molar-refractivity contribution in [2.24, 2.45) is 0 Å². The summed E-state index contributed by atoms with van der Waals surface area (Å²) in [6.45, 7) is 1.86. The van der Waals surface area contributed by atoms with E-state index in [0.717, 1.165) is 0 Å². The third kappa shape index (κ3) is 5.17. The van der Waals surface area contributed by atoms with Crippen LogP contribution in [-0.4, -0.2) is 40.4 Å². The van der Waals surface area contributed by atoms with Gasteiger partial charge in [-0.05, 0) is 43.3 Å². The number of rotatable bonds is 7. The topological polar surface area (TPSA) is 127 Å². The summed E-state index contributed by atoms with van der Waals surface area (Å²) in [6, 6.07) is 14.3. The van der Waals surface area contributed by atoms with E-state index in [2.05, 4.69) is 20.8 Å². The van der Waals surface area contributed by atoms with Crippen molar-refractivity contribution in [1.29, 1.82) is 0 Å². The molecule has 29 heavy (non-hydrogen) atoms. The summed E-state index contributed by atoms with van der Waals surface area (Å²) in [7, 11) is 0. The number of carbonyl (C=O) groups is 2. The smallest absolute Gasteiger partial charge is 0.410 e. The van der Waals surface area contributed by atoms with Gasteiger partial charge in [0.05, 0.1) is 6.61 Å². The number of aliphatic hydroxyl groups is 1. The molecule has 0 bridgehead atoms. The third-order valence-electron chi connectivity index (χ3n) is 3.91. The second kappa shape index (κ2) is 9.47. The number of carbonyl (C=O) groups excluding carboxylic acids is 2. The Balaban J connectivity index is 1.68. The van der Waals surface area contributed by atoms with Crippen molar-refractivity contribution in [3.63, 3.8) is 0 Å². The highest BCUT2D eigenvalue weighted by molar-refractivity contribution is 5.94. The lowest BCUT2D eigenvalue weighted by Crippen LogP contribution is -2.31.